The number of ether oxygens (including phenoxy) is 2. The molecular weight excluding hydrogens is 707 g/mol. The van der Waals surface area contributed by atoms with Gasteiger partial charge in [-0.2, -0.15) is 0 Å². The molecule has 9 heteroatoms. The maximum Gasteiger partial charge on any atom is 0.220 e. The molecule has 0 bridgehead atoms. The lowest BCUT2D eigenvalue weighted by atomic mass is 9.99. The molecule has 1 aliphatic heterocycles. The van der Waals surface area contributed by atoms with Crippen LogP contribution in [0.25, 0.3) is 0 Å². The summed E-state index contributed by atoms with van der Waals surface area (Å²) in [5, 5.41) is 53.7. The fraction of sp³-hybridized carbons (Fsp3) is 0.638. The van der Waals surface area contributed by atoms with Gasteiger partial charge in [0.15, 0.2) is 6.29 Å². The van der Waals surface area contributed by atoms with E-state index in [-0.39, 0.29) is 12.5 Å². The first-order valence-corrected chi connectivity index (χ1v) is 21.5. The third-order valence-corrected chi connectivity index (χ3v) is 9.41. The van der Waals surface area contributed by atoms with E-state index in [1.807, 2.05) is 6.08 Å². The number of aliphatic hydroxyl groups excluding tert-OH is 5. The first-order chi connectivity index (χ1) is 27.3. The highest BCUT2D eigenvalue weighted by molar-refractivity contribution is 5.76. The van der Waals surface area contributed by atoms with E-state index in [2.05, 4.69) is 104 Å². The average molecular weight is 784 g/mol. The lowest BCUT2D eigenvalue weighted by Gasteiger charge is -2.40. The molecule has 9 nitrogen and oxygen atoms in total. The zero-order valence-corrected chi connectivity index (χ0v) is 34.6. The summed E-state index contributed by atoms with van der Waals surface area (Å²) in [6.07, 6.45) is 44.9. The van der Waals surface area contributed by atoms with E-state index in [1.165, 1.54) is 0 Å². The molecule has 0 aromatic heterocycles. The predicted molar refractivity (Wildman–Crippen MR) is 230 cm³/mol. The van der Waals surface area contributed by atoms with Crippen LogP contribution in [0, 0.1) is 0 Å². The monoisotopic (exact) mass is 784 g/mol. The molecule has 0 aromatic rings. The second kappa shape index (κ2) is 36.5. The third-order valence-electron chi connectivity index (χ3n) is 9.41. The summed E-state index contributed by atoms with van der Waals surface area (Å²) in [6, 6.07) is -0.818. The van der Waals surface area contributed by atoms with Crippen LogP contribution in [0.5, 0.6) is 0 Å². The molecule has 1 aliphatic rings. The highest BCUT2D eigenvalue weighted by Gasteiger charge is 2.44. The van der Waals surface area contributed by atoms with Gasteiger partial charge >= 0.3 is 0 Å². The summed E-state index contributed by atoms with van der Waals surface area (Å²) in [6.45, 7) is 3.52. The summed E-state index contributed by atoms with van der Waals surface area (Å²) in [7, 11) is 0. The second-order valence-corrected chi connectivity index (χ2v) is 14.4. The van der Waals surface area contributed by atoms with E-state index < -0.39 is 49.5 Å². The van der Waals surface area contributed by atoms with Crippen LogP contribution in [0.3, 0.4) is 0 Å². The highest BCUT2D eigenvalue weighted by Crippen LogP contribution is 2.22. The number of aliphatic hydroxyl groups is 5. The van der Waals surface area contributed by atoms with Crippen molar-refractivity contribution < 1.29 is 39.8 Å². The van der Waals surface area contributed by atoms with Gasteiger partial charge in [0.1, 0.15) is 24.4 Å². The fourth-order valence-electron chi connectivity index (χ4n) is 5.96. The van der Waals surface area contributed by atoms with Crippen molar-refractivity contribution in [1.29, 1.82) is 0 Å². The fourth-order valence-corrected chi connectivity index (χ4v) is 5.96. The van der Waals surface area contributed by atoms with Crippen molar-refractivity contribution in [3.63, 3.8) is 0 Å². The van der Waals surface area contributed by atoms with Crippen LogP contribution >= 0.6 is 0 Å². The first kappa shape index (κ1) is 51.1. The molecule has 1 saturated heterocycles. The van der Waals surface area contributed by atoms with Crippen molar-refractivity contribution in [2.75, 3.05) is 13.2 Å². The second-order valence-electron chi connectivity index (χ2n) is 14.4. The molecule has 7 unspecified atom stereocenters. The highest BCUT2D eigenvalue weighted by atomic mass is 16.7. The standard InChI is InChI=1S/C47H77NO8/c1-3-5-7-9-11-12-13-14-15-16-17-18-19-20-21-22-23-24-25-26-27-28-29-30-31-33-35-37-43(51)48-40(41(50)36-34-32-10-8-6-4-2)39-55-47-46(54)45(53)44(52)42(38-49)56-47/h5,7,11-12,14-15,17-18,20-21,23-24,26-27,34,36,40-42,44-47,49-50,52-54H,3-4,6,8-10,13,16,19,22,25,28-33,35,37-39H2,1-2H3,(H,48,51)/b7-5-,12-11-,15-14-,18-17-,21-20-,24-23-,27-26-,36-34+. The molecule has 7 atom stereocenters. The van der Waals surface area contributed by atoms with Gasteiger partial charge in [-0.05, 0) is 77.0 Å². The minimum Gasteiger partial charge on any atom is -0.394 e. The molecule has 0 radical (unpaired) electrons. The molecule has 6 N–H and O–H groups in total. The van der Waals surface area contributed by atoms with Gasteiger partial charge in [0, 0.05) is 6.42 Å². The molecule has 0 aromatic carbocycles. The van der Waals surface area contributed by atoms with Crippen molar-refractivity contribution in [3.05, 3.63) is 97.2 Å². The Morgan fingerprint density at radius 3 is 1.64 bits per heavy atom. The molecule has 56 heavy (non-hydrogen) atoms. The zero-order valence-electron chi connectivity index (χ0n) is 34.6. The van der Waals surface area contributed by atoms with E-state index >= 15 is 0 Å². The van der Waals surface area contributed by atoms with Gasteiger partial charge in [0.2, 0.25) is 5.91 Å². The molecule has 1 rings (SSSR count). The van der Waals surface area contributed by atoms with Crippen LogP contribution in [-0.4, -0.2) is 87.5 Å². The lowest BCUT2D eigenvalue weighted by molar-refractivity contribution is -0.302. The molecular formula is C47H77NO8. The van der Waals surface area contributed by atoms with Crippen LogP contribution in [0.2, 0.25) is 0 Å². The molecule has 0 spiro atoms. The van der Waals surface area contributed by atoms with Gasteiger partial charge in [-0.15, -0.1) is 0 Å². The lowest BCUT2D eigenvalue weighted by Crippen LogP contribution is -2.60. The van der Waals surface area contributed by atoms with E-state index in [0.29, 0.717) is 6.42 Å². The minimum absolute atomic E-state index is 0.205. The number of hydrogen-bond donors (Lipinski definition) is 6. The summed E-state index contributed by atoms with van der Waals surface area (Å²) in [4.78, 5) is 12.8. The zero-order chi connectivity index (χ0) is 40.9. The van der Waals surface area contributed by atoms with Crippen molar-refractivity contribution in [2.45, 2.75) is 179 Å². The Labute approximate surface area is 339 Å². The number of carbonyl (C=O) groups is 1. The largest absolute Gasteiger partial charge is 0.394 e. The number of hydrogen-bond acceptors (Lipinski definition) is 8. The average Bonchev–Trinajstić information content (AvgIpc) is 3.20. The van der Waals surface area contributed by atoms with E-state index in [1.54, 1.807) is 6.08 Å². The Balaban J connectivity index is 2.25. The molecule has 1 fully saturated rings. The first-order valence-electron chi connectivity index (χ1n) is 21.5. The number of amides is 1. The predicted octanol–water partition coefficient (Wildman–Crippen LogP) is 8.55. The van der Waals surface area contributed by atoms with Crippen LogP contribution in [0.4, 0.5) is 0 Å². The maximum absolute atomic E-state index is 12.8. The Bertz CT molecular complexity index is 1190. The van der Waals surface area contributed by atoms with Crippen LogP contribution < -0.4 is 5.32 Å². The normalized spacial score (nSPS) is 22.2. The van der Waals surface area contributed by atoms with Gasteiger partial charge in [0.25, 0.3) is 0 Å². The summed E-state index contributed by atoms with van der Waals surface area (Å²) in [5.41, 5.74) is 0. The van der Waals surface area contributed by atoms with Crippen LogP contribution in [-0.2, 0) is 14.3 Å². The minimum atomic E-state index is -1.57. The molecule has 1 amide bonds. The van der Waals surface area contributed by atoms with Crippen LogP contribution in [0.1, 0.15) is 136 Å². The number of carbonyl (C=O) groups excluding carboxylic acids is 1. The number of unbranched alkanes of at least 4 members (excludes halogenated alkanes) is 9. The number of nitrogens with one attached hydrogen (secondary N) is 1. The van der Waals surface area contributed by atoms with Gasteiger partial charge in [-0.1, -0.05) is 150 Å². The molecule has 1 heterocycles. The van der Waals surface area contributed by atoms with Crippen molar-refractivity contribution in [1.82, 2.24) is 5.32 Å². The SMILES string of the molecule is CC/C=C\C/C=C\C/C=C\C/C=C\C/C=C\C/C=C\C/C=C\CCCCCCCC(=O)NC(COC1OC(CO)C(O)C(O)C1O)C(O)/C=C/CCCCCC. The van der Waals surface area contributed by atoms with Crippen molar-refractivity contribution in [3.8, 4) is 0 Å². The van der Waals surface area contributed by atoms with Crippen molar-refractivity contribution >= 4 is 5.91 Å². The Hall–Kier alpha value is -2.89. The summed E-state index contributed by atoms with van der Waals surface area (Å²) < 4.78 is 11.1. The van der Waals surface area contributed by atoms with E-state index in [9.17, 15) is 30.3 Å². The maximum atomic E-state index is 12.8. The molecule has 318 valence electrons. The Morgan fingerprint density at radius 2 is 1.11 bits per heavy atom. The van der Waals surface area contributed by atoms with Gasteiger partial charge in [-0.3, -0.25) is 4.79 Å². The van der Waals surface area contributed by atoms with Gasteiger partial charge < -0.3 is 40.3 Å². The molecule has 0 saturated carbocycles. The quantitative estimate of drug-likeness (QED) is 0.0287. The Kier molecular flexibility index (Phi) is 33.3. The van der Waals surface area contributed by atoms with E-state index in [0.717, 1.165) is 116 Å². The molecule has 0 aliphatic carbocycles. The third kappa shape index (κ3) is 26.9. The summed E-state index contributed by atoms with van der Waals surface area (Å²) in [5.74, 6) is -0.208. The Morgan fingerprint density at radius 1 is 0.625 bits per heavy atom. The number of allylic oxidation sites excluding steroid dienone is 15. The van der Waals surface area contributed by atoms with Gasteiger partial charge in [-0.25, -0.2) is 0 Å². The number of rotatable bonds is 33. The summed E-state index contributed by atoms with van der Waals surface area (Å²) >= 11 is 0. The van der Waals surface area contributed by atoms with E-state index in [4.69, 9.17) is 9.47 Å². The van der Waals surface area contributed by atoms with Gasteiger partial charge in [0.05, 0.1) is 25.4 Å². The van der Waals surface area contributed by atoms with Crippen LogP contribution in [0.15, 0.2) is 97.2 Å². The smallest absolute Gasteiger partial charge is 0.220 e. The topological polar surface area (TPSA) is 149 Å². The van der Waals surface area contributed by atoms with Crippen molar-refractivity contribution in [2.24, 2.45) is 0 Å².